The number of benzene rings is 2. The fraction of sp³-hybridized carbons (Fsp3) is 0.176. The van der Waals surface area contributed by atoms with Crippen molar-refractivity contribution >= 4 is 11.8 Å². The second-order valence-corrected chi connectivity index (χ2v) is 5.66. The third-order valence-electron chi connectivity index (χ3n) is 3.06. The number of hydrogen-bond donors (Lipinski definition) is 0. The first-order valence-electron chi connectivity index (χ1n) is 7.14. The average molecular weight is 328 g/mol. The molecule has 0 aliphatic carbocycles. The van der Waals surface area contributed by atoms with Crippen LogP contribution < -0.4 is 9.47 Å². The Hall–Kier alpha value is -2.47. The van der Waals surface area contributed by atoms with Gasteiger partial charge in [0.05, 0.1) is 13.7 Å². The van der Waals surface area contributed by atoms with E-state index >= 15 is 0 Å². The van der Waals surface area contributed by atoms with Crippen LogP contribution in [0.15, 0.2) is 64.2 Å². The topological polar surface area (TPSA) is 57.4 Å². The van der Waals surface area contributed by atoms with E-state index in [0.29, 0.717) is 17.7 Å². The van der Waals surface area contributed by atoms with E-state index < -0.39 is 0 Å². The molecule has 0 aliphatic heterocycles. The summed E-state index contributed by atoms with van der Waals surface area (Å²) in [5.41, 5.74) is 0.918. The molecule has 0 spiro atoms. The van der Waals surface area contributed by atoms with Crippen molar-refractivity contribution in [1.82, 2.24) is 10.2 Å². The zero-order valence-corrected chi connectivity index (χ0v) is 13.5. The van der Waals surface area contributed by atoms with Crippen molar-refractivity contribution in [2.24, 2.45) is 0 Å². The molecule has 0 aliphatic rings. The largest absolute Gasteiger partial charge is 0.497 e. The number of rotatable bonds is 7. The number of methoxy groups -OCH3 is 1. The van der Waals surface area contributed by atoms with E-state index in [0.717, 1.165) is 22.8 Å². The molecule has 0 unspecified atom stereocenters. The van der Waals surface area contributed by atoms with Gasteiger partial charge in [-0.3, -0.25) is 0 Å². The van der Waals surface area contributed by atoms with Crippen molar-refractivity contribution < 1.29 is 13.9 Å². The van der Waals surface area contributed by atoms with E-state index in [1.165, 1.54) is 11.8 Å². The third-order valence-corrected chi connectivity index (χ3v) is 3.85. The van der Waals surface area contributed by atoms with Crippen molar-refractivity contribution in [3.63, 3.8) is 0 Å². The zero-order chi connectivity index (χ0) is 15.9. The molecule has 0 radical (unpaired) electrons. The number of thioether (sulfide) groups is 1. The maximum atomic E-state index is 5.65. The van der Waals surface area contributed by atoms with Crippen LogP contribution in [0.5, 0.6) is 11.5 Å². The van der Waals surface area contributed by atoms with Gasteiger partial charge in [-0.15, -0.1) is 10.2 Å². The third kappa shape index (κ3) is 4.26. The van der Waals surface area contributed by atoms with Gasteiger partial charge in [0, 0.05) is 11.3 Å². The first-order chi connectivity index (χ1) is 11.3. The molecule has 0 amide bonds. The molecule has 2 aromatic carbocycles. The molecule has 0 saturated heterocycles. The smallest absolute Gasteiger partial charge is 0.276 e. The van der Waals surface area contributed by atoms with Gasteiger partial charge in [0.1, 0.15) is 11.5 Å². The Kier molecular flexibility index (Phi) is 5.16. The van der Waals surface area contributed by atoms with Crippen LogP contribution >= 0.6 is 11.8 Å². The Balaban J connectivity index is 1.46. The van der Waals surface area contributed by atoms with Crippen LogP contribution in [0.3, 0.4) is 0 Å². The fourth-order valence-corrected chi connectivity index (χ4v) is 2.50. The maximum Gasteiger partial charge on any atom is 0.276 e. The minimum Gasteiger partial charge on any atom is -0.497 e. The van der Waals surface area contributed by atoms with Crippen molar-refractivity contribution in [2.75, 3.05) is 19.5 Å². The normalized spacial score (nSPS) is 10.5. The van der Waals surface area contributed by atoms with Crippen LogP contribution in [-0.2, 0) is 0 Å². The number of nitrogens with zero attached hydrogens (tertiary/aromatic N) is 2. The fourth-order valence-electron chi connectivity index (χ4n) is 1.93. The van der Waals surface area contributed by atoms with Crippen molar-refractivity contribution in [3.8, 4) is 23.0 Å². The molecule has 3 aromatic rings. The van der Waals surface area contributed by atoms with Gasteiger partial charge in [-0.05, 0) is 36.4 Å². The zero-order valence-electron chi connectivity index (χ0n) is 12.6. The molecule has 0 fully saturated rings. The van der Waals surface area contributed by atoms with Gasteiger partial charge in [-0.1, -0.05) is 30.0 Å². The highest BCUT2D eigenvalue weighted by Crippen LogP contribution is 2.23. The minimum absolute atomic E-state index is 0.532. The molecule has 0 atom stereocenters. The molecular formula is C17H16N2O3S. The lowest BCUT2D eigenvalue weighted by Crippen LogP contribution is -1.99. The summed E-state index contributed by atoms with van der Waals surface area (Å²) < 4.78 is 16.4. The van der Waals surface area contributed by atoms with Gasteiger partial charge in [0.2, 0.25) is 5.89 Å². The standard InChI is InChI=1S/C17H16N2O3S/c1-20-14-7-9-15(10-8-14)21-11-12-23-17-19-18-16(22-17)13-5-3-2-4-6-13/h2-10H,11-12H2,1H3. The first-order valence-corrected chi connectivity index (χ1v) is 8.12. The van der Waals surface area contributed by atoms with Crippen molar-refractivity contribution in [3.05, 3.63) is 54.6 Å². The molecule has 1 aromatic heterocycles. The van der Waals surface area contributed by atoms with E-state index in [9.17, 15) is 0 Å². The molecule has 0 bridgehead atoms. The molecule has 0 N–H and O–H groups in total. The number of hydrogen-bond acceptors (Lipinski definition) is 6. The summed E-state index contributed by atoms with van der Waals surface area (Å²) in [4.78, 5) is 0. The van der Waals surface area contributed by atoms with Crippen LogP contribution in [0, 0.1) is 0 Å². The highest BCUT2D eigenvalue weighted by atomic mass is 32.2. The summed E-state index contributed by atoms with van der Waals surface area (Å²) in [6.07, 6.45) is 0. The average Bonchev–Trinajstić information content (AvgIpc) is 3.09. The van der Waals surface area contributed by atoms with Gasteiger partial charge in [0.15, 0.2) is 0 Å². The predicted molar refractivity (Wildman–Crippen MR) is 88.9 cm³/mol. The number of aromatic nitrogens is 2. The molecule has 0 saturated carbocycles. The lowest BCUT2D eigenvalue weighted by molar-refractivity contribution is 0.342. The minimum atomic E-state index is 0.532. The van der Waals surface area contributed by atoms with Crippen LogP contribution in [0.4, 0.5) is 0 Å². The summed E-state index contributed by atoms with van der Waals surface area (Å²) in [5.74, 6) is 2.87. The Morgan fingerprint density at radius 3 is 2.43 bits per heavy atom. The molecule has 23 heavy (non-hydrogen) atoms. The summed E-state index contributed by atoms with van der Waals surface area (Å²) in [6, 6.07) is 17.2. The highest BCUT2D eigenvalue weighted by molar-refractivity contribution is 7.99. The maximum absolute atomic E-state index is 5.65. The highest BCUT2D eigenvalue weighted by Gasteiger charge is 2.08. The van der Waals surface area contributed by atoms with E-state index in [1.54, 1.807) is 7.11 Å². The molecule has 1 heterocycles. The van der Waals surface area contributed by atoms with Crippen LogP contribution in [0.25, 0.3) is 11.5 Å². The second kappa shape index (κ2) is 7.69. The Labute approximate surface area is 138 Å². The van der Waals surface area contributed by atoms with Gasteiger partial charge in [-0.2, -0.15) is 0 Å². The second-order valence-electron chi connectivity index (χ2n) is 4.61. The summed E-state index contributed by atoms with van der Waals surface area (Å²) in [5, 5.41) is 8.63. The molecule has 118 valence electrons. The monoisotopic (exact) mass is 328 g/mol. The molecular weight excluding hydrogens is 312 g/mol. The lowest BCUT2D eigenvalue weighted by atomic mass is 10.2. The van der Waals surface area contributed by atoms with Gasteiger partial charge >= 0.3 is 0 Å². The van der Waals surface area contributed by atoms with E-state index in [1.807, 2.05) is 54.6 Å². The van der Waals surface area contributed by atoms with Crippen LogP contribution in [-0.4, -0.2) is 29.7 Å². The van der Waals surface area contributed by atoms with Gasteiger partial charge in [0.25, 0.3) is 5.22 Å². The van der Waals surface area contributed by atoms with Crippen LogP contribution in [0.1, 0.15) is 0 Å². The Morgan fingerprint density at radius 1 is 0.957 bits per heavy atom. The number of ether oxygens (including phenoxy) is 2. The SMILES string of the molecule is COc1ccc(OCCSc2nnc(-c3ccccc3)o2)cc1. The predicted octanol–water partition coefficient (Wildman–Crippen LogP) is 3.92. The molecule has 5 nitrogen and oxygen atoms in total. The summed E-state index contributed by atoms with van der Waals surface area (Å²) in [7, 11) is 1.64. The quantitative estimate of drug-likeness (QED) is 0.484. The Morgan fingerprint density at radius 2 is 1.70 bits per heavy atom. The van der Waals surface area contributed by atoms with Crippen molar-refractivity contribution in [2.45, 2.75) is 5.22 Å². The van der Waals surface area contributed by atoms with E-state index in [-0.39, 0.29) is 0 Å². The Bertz CT molecular complexity index is 729. The van der Waals surface area contributed by atoms with E-state index in [2.05, 4.69) is 10.2 Å². The van der Waals surface area contributed by atoms with Crippen LogP contribution in [0.2, 0.25) is 0 Å². The first kappa shape index (κ1) is 15.4. The molecule has 3 rings (SSSR count). The lowest BCUT2D eigenvalue weighted by Gasteiger charge is -2.05. The van der Waals surface area contributed by atoms with Gasteiger partial charge in [-0.25, -0.2) is 0 Å². The van der Waals surface area contributed by atoms with Gasteiger partial charge < -0.3 is 13.9 Å². The van der Waals surface area contributed by atoms with E-state index in [4.69, 9.17) is 13.9 Å². The molecule has 6 heteroatoms. The summed E-state index contributed by atoms with van der Waals surface area (Å²) >= 11 is 1.47. The summed E-state index contributed by atoms with van der Waals surface area (Å²) in [6.45, 7) is 0.556. The van der Waals surface area contributed by atoms with Crippen molar-refractivity contribution in [1.29, 1.82) is 0 Å².